The summed E-state index contributed by atoms with van der Waals surface area (Å²) in [6.07, 6.45) is 0. The first kappa shape index (κ1) is 15.8. The van der Waals surface area contributed by atoms with Crippen LogP contribution < -0.4 is 0 Å². The van der Waals surface area contributed by atoms with Crippen molar-refractivity contribution < 1.29 is 4.52 Å². The monoisotopic (exact) mass is 296 g/mol. The number of hydrogen-bond acceptors (Lipinski definition) is 1. The maximum Gasteiger partial charge on any atom is 0.0825 e. The second kappa shape index (κ2) is 6.29. The van der Waals surface area contributed by atoms with Crippen LogP contribution in [0, 0.1) is 0 Å². The Hall–Kier alpha value is -0.216. The zero-order chi connectivity index (χ0) is 13.8. The number of benzene rings is 1. The van der Waals surface area contributed by atoms with E-state index in [1.54, 1.807) is 4.54 Å². The van der Waals surface area contributed by atoms with E-state index in [1.165, 1.54) is 5.56 Å². The lowest BCUT2D eigenvalue weighted by Gasteiger charge is -2.29. The minimum Gasteiger partial charge on any atom is -0.322 e. The number of hydrogen-bond donors (Lipinski definition) is 0. The van der Waals surface area contributed by atoms with E-state index in [0.717, 1.165) is 15.0 Å². The molecule has 0 radical (unpaired) electrons. The molecule has 0 bridgehead atoms. The average molecular weight is 296 g/mol. The summed E-state index contributed by atoms with van der Waals surface area (Å²) in [5, 5.41) is 0. The van der Waals surface area contributed by atoms with Gasteiger partial charge in [0.25, 0.3) is 0 Å². The number of rotatable bonds is 5. The van der Waals surface area contributed by atoms with Crippen LogP contribution in [0.2, 0.25) is 39.3 Å². The molecule has 0 aliphatic heterocycles. The van der Waals surface area contributed by atoms with Crippen LogP contribution in [0.15, 0.2) is 30.3 Å². The van der Waals surface area contributed by atoms with Crippen molar-refractivity contribution in [1.82, 2.24) is 0 Å². The molecule has 0 fully saturated rings. The normalized spacial score (nSPS) is 12.8. The summed E-state index contributed by atoms with van der Waals surface area (Å²) in [4.78, 5) is 0. The third-order valence-electron chi connectivity index (χ3n) is 2.65. The minimum absolute atomic E-state index is 0.723. The summed E-state index contributed by atoms with van der Waals surface area (Å²) in [6, 6.07) is 10.4. The molecule has 1 nitrogen and oxygen atoms in total. The third-order valence-corrected chi connectivity index (χ3v) is 15.0. The Kier molecular flexibility index (Phi) is 5.53. The Balaban J connectivity index is 2.74. The molecule has 0 N–H and O–H groups in total. The molecule has 0 heterocycles. The molecular weight excluding hydrogens is 271 g/mol. The predicted molar refractivity (Wildman–Crippen MR) is 89.9 cm³/mol. The Labute approximate surface area is 115 Å². The maximum absolute atomic E-state index is 5.94. The van der Waals surface area contributed by atoms with Crippen LogP contribution in [0.5, 0.6) is 0 Å². The largest absolute Gasteiger partial charge is 0.322 e. The van der Waals surface area contributed by atoms with Gasteiger partial charge in [0, 0.05) is 8.43 Å². The van der Waals surface area contributed by atoms with Gasteiger partial charge in [-0.15, -0.1) is 0 Å². The van der Waals surface area contributed by atoms with Crippen molar-refractivity contribution in [2.75, 3.05) is 0 Å². The van der Waals surface area contributed by atoms with Crippen LogP contribution >= 0.6 is 8.43 Å². The molecular formula is C14H25OPSi2. The Morgan fingerprint density at radius 1 is 0.944 bits per heavy atom. The summed E-state index contributed by atoms with van der Waals surface area (Å²) in [5.74, 6) is 0. The van der Waals surface area contributed by atoms with Crippen molar-refractivity contribution >= 4 is 29.1 Å². The Bertz CT molecular complexity index is 386. The molecule has 0 aliphatic rings. The predicted octanol–water partition coefficient (Wildman–Crippen LogP) is 4.99. The lowest BCUT2D eigenvalue weighted by atomic mass is 10.2. The fraction of sp³-hybridized carbons (Fsp3) is 0.500. The molecule has 1 aromatic carbocycles. The maximum atomic E-state index is 5.94. The fourth-order valence-corrected chi connectivity index (χ4v) is 14.1. The van der Waals surface area contributed by atoms with Gasteiger partial charge in [-0.25, -0.2) is 0 Å². The van der Waals surface area contributed by atoms with Crippen molar-refractivity contribution in [2.45, 2.75) is 45.9 Å². The van der Waals surface area contributed by atoms with E-state index in [4.69, 9.17) is 4.52 Å². The molecule has 0 saturated heterocycles. The average Bonchev–Trinajstić information content (AvgIpc) is 2.22. The van der Waals surface area contributed by atoms with Gasteiger partial charge in [-0.3, -0.25) is 0 Å². The SMILES string of the molecule is C[Si](C)(C)C(=POCc1ccccc1)[Si](C)(C)C. The van der Waals surface area contributed by atoms with E-state index in [2.05, 4.69) is 63.5 Å². The molecule has 0 atom stereocenters. The summed E-state index contributed by atoms with van der Waals surface area (Å²) in [7, 11) is -1.31. The molecule has 0 amide bonds. The van der Waals surface area contributed by atoms with E-state index in [-0.39, 0.29) is 0 Å². The Morgan fingerprint density at radius 3 is 1.89 bits per heavy atom. The fourth-order valence-electron chi connectivity index (χ4n) is 2.14. The first-order valence-electron chi connectivity index (χ1n) is 6.46. The van der Waals surface area contributed by atoms with Crippen molar-refractivity contribution in [2.24, 2.45) is 0 Å². The summed E-state index contributed by atoms with van der Waals surface area (Å²) < 4.78 is 7.65. The summed E-state index contributed by atoms with van der Waals surface area (Å²) in [6.45, 7) is 15.3. The zero-order valence-corrected chi connectivity index (χ0v) is 15.3. The van der Waals surface area contributed by atoms with Gasteiger partial charge in [-0.2, -0.15) is 0 Å². The van der Waals surface area contributed by atoms with Crippen molar-refractivity contribution in [3.63, 3.8) is 0 Å². The first-order chi connectivity index (χ1) is 8.21. The van der Waals surface area contributed by atoms with Gasteiger partial charge in [-0.1, -0.05) is 69.6 Å². The highest BCUT2D eigenvalue weighted by Gasteiger charge is 2.31. The molecule has 0 spiro atoms. The second-order valence-corrected chi connectivity index (χ2v) is 18.9. The van der Waals surface area contributed by atoms with Crippen LogP contribution in [0.4, 0.5) is 0 Å². The standard InChI is InChI=1S/C14H25OPSi2/c1-17(2,3)14(18(4,5)6)16-15-12-13-10-8-7-9-11-13/h7-11H,12H2,1-6H3. The van der Waals surface area contributed by atoms with E-state index in [0.29, 0.717) is 0 Å². The smallest absolute Gasteiger partial charge is 0.0825 e. The van der Waals surface area contributed by atoms with E-state index in [9.17, 15) is 0 Å². The molecule has 100 valence electrons. The van der Waals surface area contributed by atoms with Crippen LogP contribution in [0.3, 0.4) is 0 Å². The Morgan fingerprint density at radius 2 is 1.44 bits per heavy atom. The van der Waals surface area contributed by atoms with E-state index >= 15 is 0 Å². The molecule has 0 unspecified atom stereocenters. The van der Waals surface area contributed by atoms with Crippen LogP contribution in [0.25, 0.3) is 0 Å². The third kappa shape index (κ3) is 5.19. The van der Waals surface area contributed by atoms with Crippen LogP contribution in [-0.4, -0.2) is 20.7 Å². The lowest BCUT2D eigenvalue weighted by Crippen LogP contribution is -2.48. The molecule has 0 aliphatic carbocycles. The van der Waals surface area contributed by atoms with E-state index < -0.39 is 16.1 Å². The van der Waals surface area contributed by atoms with Crippen LogP contribution in [0.1, 0.15) is 5.56 Å². The van der Waals surface area contributed by atoms with Crippen molar-refractivity contribution in [3.05, 3.63) is 35.9 Å². The lowest BCUT2D eigenvalue weighted by molar-refractivity contribution is 0.360. The highest BCUT2D eigenvalue weighted by molar-refractivity contribution is 7.60. The summed E-state index contributed by atoms with van der Waals surface area (Å²) in [5.41, 5.74) is 1.26. The van der Waals surface area contributed by atoms with Crippen molar-refractivity contribution in [1.29, 1.82) is 0 Å². The molecule has 1 rings (SSSR count). The van der Waals surface area contributed by atoms with Gasteiger partial charge in [0.15, 0.2) is 0 Å². The van der Waals surface area contributed by atoms with Gasteiger partial charge < -0.3 is 4.52 Å². The highest BCUT2D eigenvalue weighted by Crippen LogP contribution is 2.23. The molecule has 0 saturated carbocycles. The van der Waals surface area contributed by atoms with Crippen molar-refractivity contribution in [3.8, 4) is 0 Å². The highest BCUT2D eigenvalue weighted by atomic mass is 31.1. The molecule has 0 aromatic heterocycles. The molecule has 1 aromatic rings. The topological polar surface area (TPSA) is 9.23 Å². The molecule has 4 heteroatoms. The first-order valence-corrected chi connectivity index (χ1v) is 14.3. The van der Waals surface area contributed by atoms with Gasteiger partial charge in [0.1, 0.15) is 0 Å². The van der Waals surface area contributed by atoms with Gasteiger partial charge in [0.2, 0.25) is 0 Å². The quantitative estimate of drug-likeness (QED) is 0.549. The zero-order valence-electron chi connectivity index (χ0n) is 12.4. The van der Waals surface area contributed by atoms with Gasteiger partial charge in [0.05, 0.1) is 22.8 Å². The van der Waals surface area contributed by atoms with Gasteiger partial charge in [-0.05, 0) is 10.1 Å². The minimum atomic E-state index is -1.22. The van der Waals surface area contributed by atoms with Crippen LogP contribution in [-0.2, 0) is 11.1 Å². The van der Waals surface area contributed by atoms with E-state index in [1.807, 2.05) is 6.07 Å². The molecule has 18 heavy (non-hydrogen) atoms. The summed E-state index contributed by atoms with van der Waals surface area (Å²) >= 11 is 0. The van der Waals surface area contributed by atoms with Gasteiger partial charge >= 0.3 is 0 Å². The second-order valence-electron chi connectivity index (χ2n) is 6.70.